The van der Waals surface area contributed by atoms with Crippen molar-refractivity contribution in [2.24, 2.45) is 0 Å². The molecule has 0 amide bonds. The van der Waals surface area contributed by atoms with Crippen LogP contribution in [-0.4, -0.2) is 10.2 Å². The summed E-state index contributed by atoms with van der Waals surface area (Å²) in [5.41, 5.74) is 1.92. The number of hydrogen-bond acceptors (Lipinski definition) is 4. The number of H-pyrrole nitrogens is 1. The molecule has 19 heavy (non-hydrogen) atoms. The molecule has 6 heteroatoms. The van der Waals surface area contributed by atoms with E-state index < -0.39 is 0 Å². The highest BCUT2D eigenvalue weighted by atomic mass is 79.9. The Hall–Kier alpha value is -2.21. The Bertz CT molecular complexity index is 790. The second-order valence-corrected chi connectivity index (χ2v) is 4.93. The van der Waals surface area contributed by atoms with E-state index in [0.29, 0.717) is 16.2 Å². The van der Waals surface area contributed by atoms with E-state index in [2.05, 4.69) is 26.1 Å². The Morgan fingerprint density at radius 1 is 1.26 bits per heavy atom. The molecule has 94 valence electrons. The predicted octanol–water partition coefficient (Wildman–Crippen LogP) is 3.70. The number of fused-ring (bicyclic) bond motifs is 2. The molecular weight excluding hydrogens is 310 g/mol. The van der Waals surface area contributed by atoms with Crippen molar-refractivity contribution in [3.05, 3.63) is 47.1 Å². The SMILES string of the molecule is Brc1cc2c(o1)C=CN(c1ccc3[nH]ncc3c1)O2. The molecule has 0 saturated heterocycles. The zero-order valence-corrected chi connectivity index (χ0v) is 11.2. The van der Waals surface area contributed by atoms with Gasteiger partial charge in [-0.3, -0.25) is 5.10 Å². The quantitative estimate of drug-likeness (QED) is 0.743. The number of hydrogen-bond donors (Lipinski definition) is 1. The monoisotopic (exact) mass is 317 g/mol. The van der Waals surface area contributed by atoms with Gasteiger partial charge in [0.15, 0.2) is 10.4 Å². The zero-order valence-electron chi connectivity index (χ0n) is 9.63. The summed E-state index contributed by atoms with van der Waals surface area (Å²) in [6.45, 7) is 0. The third-order valence-corrected chi connectivity index (χ3v) is 3.32. The summed E-state index contributed by atoms with van der Waals surface area (Å²) in [6.07, 6.45) is 5.47. The first-order chi connectivity index (χ1) is 9.29. The van der Waals surface area contributed by atoms with Crippen LogP contribution in [-0.2, 0) is 0 Å². The molecule has 0 atom stereocenters. The smallest absolute Gasteiger partial charge is 0.202 e. The standard InChI is InChI=1S/C13H8BrN3O2/c14-13-6-12-11(18-13)3-4-17(19-12)9-1-2-10-8(5-9)7-15-16-10/h1-7H,(H,15,16). The van der Waals surface area contributed by atoms with Gasteiger partial charge in [0.1, 0.15) is 0 Å². The minimum Gasteiger partial charge on any atom is -0.446 e. The fourth-order valence-corrected chi connectivity index (χ4v) is 2.41. The number of furan rings is 1. The third-order valence-electron chi connectivity index (χ3n) is 2.93. The molecule has 3 heterocycles. The summed E-state index contributed by atoms with van der Waals surface area (Å²) in [5.74, 6) is 1.38. The largest absolute Gasteiger partial charge is 0.446 e. The second kappa shape index (κ2) is 3.89. The van der Waals surface area contributed by atoms with E-state index in [0.717, 1.165) is 16.6 Å². The fraction of sp³-hybridized carbons (Fsp3) is 0. The number of anilines is 1. The van der Waals surface area contributed by atoms with Gasteiger partial charge in [-0.25, -0.2) is 0 Å². The van der Waals surface area contributed by atoms with Crippen LogP contribution >= 0.6 is 15.9 Å². The molecule has 2 aromatic heterocycles. The van der Waals surface area contributed by atoms with Crippen LogP contribution < -0.4 is 9.90 Å². The van der Waals surface area contributed by atoms with Crippen LogP contribution in [0.5, 0.6) is 5.75 Å². The van der Waals surface area contributed by atoms with Gasteiger partial charge in [0.05, 0.1) is 17.4 Å². The molecule has 4 rings (SSSR count). The van der Waals surface area contributed by atoms with Crippen molar-refractivity contribution < 1.29 is 9.25 Å². The lowest BCUT2D eigenvalue weighted by Gasteiger charge is -2.22. The first-order valence-electron chi connectivity index (χ1n) is 5.67. The summed E-state index contributed by atoms with van der Waals surface area (Å²) < 4.78 is 6.06. The summed E-state index contributed by atoms with van der Waals surface area (Å²) >= 11 is 3.28. The minimum absolute atomic E-state index is 0.647. The van der Waals surface area contributed by atoms with Gasteiger partial charge >= 0.3 is 0 Å². The molecule has 0 fully saturated rings. The molecule has 0 bridgehead atoms. The van der Waals surface area contributed by atoms with Crippen molar-refractivity contribution >= 4 is 38.6 Å². The lowest BCUT2D eigenvalue weighted by atomic mass is 10.2. The molecule has 1 aliphatic rings. The van der Waals surface area contributed by atoms with E-state index in [1.807, 2.05) is 30.5 Å². The van der Waals surface area contributed by atoms with Gasteiger partial charge in [0, 0.05) is 23.7 Å². The normalized spacial score (nSPS) is 13.6. The Morgan fingerprint density at radius 3 is 3.16 bits per heavy atom. The summed E-state index contributed by atoms with van der Waals surface area (Å²) in [7, 11) is 0. The predicted molar refractivity (Wildman–Crippen MR) is 74.6 cm³/mol. The molecule has 3 aromatic rings. The van der Waals surface area contributed by atoms with Crippen LogP contribution in [0.15, 0.2) is 45.7 Å². The number of nitrogens with one attached hydrogen (secondary N) is 1. The van der Waals surface area contributed by atoms with E-state index in [1.54, 1.807) is 17.3 Å². The van der Waals surface area contributed by atoms with Crippen molar-refractivity contribution in [2.45, 2.75) is 0 Å². The Labute approximate surface area is 116 Å². The highest BCUT2D eigenvalue weighted by molar-refractivity contribution is 9.10. The van der Waals surface area contributed by atoms with Crippen LogP contribution in [0.25, 0.3) is 17.0 Å². The van der Waals surface area contributed by atoms with Crippen LogP contribution in [0.4, 0.5) is 5.69 Å². The van der Waals surface area contributed by atoms with Crippen LogP contribution in [0.2, 0.25) is 0 Å². The average Bonchev–Trinajstić information content (AvgIpc) is 3.01. The molecule has 0 saturated carbocycles. The van der Waals surface area contributed by atoms with Crippen LogP contribution in [0.1, 0.15) is 5.76 Å². The number of nitrogens with zero attached hydrogens (tertiary/aromatic N) is 2. The van der Waals surface area contributed by atoms with E-state index in [9.17, 15) is 0 Å². The fourth-order valence-electron chi connectivity index (χ4n) is 2.02. The lowest BCUT2D eigenvalue weighted by Crippen LogP contribution is -2.22. The molecule has 1 aliphatic heterocycles. The van der Waals surface area contributed by atoms with Gasteiger partial charge in [-0.2, -0.15) is 10.2 Å². The van der Waals surface area contributed by atoms with Crippen molar-refractivity contribution in [2.75, 3.05) is 5.06 Å². The highest BCUT2D eigenvalue weighted by Gasteiger charge is 2.18. The van der Waals surface area contributed by atoms with Gasteiger partial charge in [-0.05, 0) is 34.1 Å². The topological polar surface area (TPSA) is 54.3 Å². The third kappa shape index (κ3) is 1.72. The van der Waals surface area contributed by atoms with E-state index in [1.165, 1.54) is 0 Å². The lowest BCUT2D eigenvalue weighted by molar-refractivity contribution is 0.308. The number of aromatic nitrogens is 2. The van der Waals surface area contributed by atoms with Crippen molar-refractivity contribution in [1.82, 2.24) is 10.2 Å². The van der Waals surface area contributed by atoms with Crippen molar-refractivity contribution in [3.63, 3.8) is 0 Å². The zero-order chi connectivity index (χ0) is 12.8. The number of rotatable bonds is 1. The van der Waals surface area contributed by atoms with Gasteiger partial charge in [0.25, 0.3) is 0 Å². The first-order valence-corrected chi connectivity index (χ1v) is 6.47. The van der Waals surface area contributed by atoms with Crippen molar-refractivity contribution in [1.29, 1.82) is 0 Å². The Kier molecular flexibility index (Phi) is 2.19. The maximum absolute atomic E-state index is 5.76. The van der Waals surface area contributed by atoms with Crippen molar-refractivity contribution in [3.8, 4) is 5.75 Å². The second-order valence-electron chi connectivity index (χ2n) is 4.15. The molecular formula is C13H8BrN3O2. The molecule has 5 nitrogen and oxygen atoms in total. The molecule has 0 aliphatic carbocycles. The molecule has 1 N–H and O–H groups in total. The molecule has 0 radical (unpaired) electrons. The molecule has 0 unspecified atom stereocenters. The average molecular weight is 318 g/mol. The van der Waals surface area contributed by atoms with Crippen LogP contribution in [0.3, 0.4) is 0 Å². The molecule has 1 aromatic carbocycles. The number of benzene rings is 1. The van der Waals surface area contributed by atoms with Gasteiger partial charge in [0.2, 0.25) is 5.75 Å². The summed E-state index contributed by atoms with van der Waals surface area (Å²) in [5, 5.41) is 9.65. The maximum atomic E-state index is 5.76. The Balaban J connectivity index is 1.73. The van der Waals surface area contributed by atoms with Gasteiger partial charge < -0.3 is 9.25 Å². The van der Waals surface area contributed by atoms with E-state index in [-0.39, 0.29) is 0 Å². The number of hydroxylamine groups is 1. The number of halogens is 1. The maximum Gasteiger partial charge on any atom is 0.202 e. The summed E-state index contributed by atoms with van der Waals surface area (Å²) in [6, 6.07) is 7.73. The van der Waals surface area contributed by atoms with E-state index >= 15 is 0 Å². The van der Waals surface area contributed by atoms with E-state index in [4.69, 9.17) is 9.25 Å². The van der Waals surface area contributed by atoms with Gasteiger partial charge in [-0.15, -0.1) is 0 Å². The Morgan fingerprint density at radius 2 is 2.21 bits per heavy atom. The molecule has 0 spiro atoms. The van der Waals surface area contributed by atoms with Crippen LogP contribution in [0, 0.1) is 0 Å². The number of aromatic amines is 1. The van der Waals surface area contributed by atoms with Gasteiger partial charge in [-0.1, -0.05) is 0 Å². The summed E-state index contributed by atoms with van der Waals surface area (Å²) in [4.78, 5) is 5.76. The minimum atomic E-state index is 0.647. The highest BCUT2D eigenvalue weighted by Crippen LogP contribution is 2.34. The first kappa shape index (κ1) is 10.7.